The molecule has 1 heterocycles. The third kappa shape index (κ3) is 6.37. The van der Waals surface area contributed by atoms with Crippen LogP contribution in [0.3, 0.4) is 0 Å². The Morgan fingerprint density at radius 3 is 2.29 bits per heavy atom. The molecule has 3 rings (SSSR count). The molecule has 0 aliphatic heterocycles. The van der Waals surface area contributed by atoms with Crippen molar-refractivity contribution in [2.75, 3.05) is 12.4 Å². The van der Waals surface area contributed by atoms with Crippen LogP contribution in [-0.2, 0) is 6.18 Å². The average Bonchev–Trinajstić information content (AvgIpc) is 2.81. The second-order valence-corrected chi connectivity index (χ2v) is 7.03. The van der Waals surface area contributed by atoms with Gasteiger partial charge >= 0.3 is 12.5 Å². The monoisotopic (exact) mass is 554 g/mol. The van der Waals surface area contributed by atoms with Gasteiger partial charge in [0.05, 0.1) is 16.7 Å². The molecule has 0 aliphatic carbocycles. The molecule has 0 bridgehead atoms. The summed E-state index contributed by atoms with van der Waals surface area (Å²) in [7, 11) is -3.55. The Morgan fingerprint density at radius 1 is 1.00 bits per heavy atom. The molecule has 0 radical (unpaired) electrons. The highest BCUT2D eigenvalue weighted by atomic mass is 19.4. The number of carbonyl (C=O) groups excluding carboxylic acids is 2. The summed E-state index contributed by atoms with van der Waals surface area (Å²) in [5, 5.41) is 2.05. The molecule has 0 unspecified atom stereocenters. The maximum absolute atomic E-state index is 14.9. The van der Waals surface area contributed by atoms with E-state index in [4.69, 9.17) is 14.6 Å². The van der Waals surface area contributed by atoms with E-state index in [0.29, 0.717) is 6.07 Å². The smallest absolute Gasteiger partial charge is 0.490 e. The van der Waals surface area contributed by atoms with Crippen molar-refractivity contribution in [3.8, 4) is 23.0 Å². The number of anilines is 1. The summed E-state index contributed by atoms with van der Waals surface area (Å²) < 4.78 is 142. The van der Waals surface area contributed by atoms with Crippen molar-refractivity contribution >= 4 is 17.5 Å². The van der Waals surface area contributed by atoms with E-state index in [0.717, 1.165) is 18.3 Å². The first-order valence-electron chi connectivity index (χ1n) is 11.2. The molecule has 8 nitrogen and oxygen atoms in total. The highest BCUT2D eigenvalue weighted by molar-refractivity contribution is 6.07. The molecule has 16 heteroatoms. The number of rotatable bonds is 7. The van der Waals surface area contributed by atoms with Crippen LogP contribution in [0.25, 0.3) is 0 Å². The van der Waals surface area contributed by atoms with Crippen LogP contribution >= 0.6 is 0 Å². The third-order valence-corrected chi connectivity index (χ3v) is 4.45. The molecule has 2 amide bonds. The zero-order valence-electron chi connectivity index (χ0n) is 21.1. The number of carbonyl (C=O) groups is 2. The summed E-state index contributed by atoms with van der Waals surface area (Å²) in [6, 6.07) is 2.67. The van der Waals surface area contributed by atoms with Crippen LogP contribution < -0.4 is 25.3 Å². The first-order valence-corrected chi connectivity index (χ1v) is 9.68. The second-order valence-electron chi connectivity index (χ2n) is 7.03. The summed E-state index contributed by atoms with van der Waals surface area (Å²) >= 11 is 0. The number of ether oxygens (including phenoxy) is 3. The second kappa shape index (κ2) is 10.4. The molecule has 38 heavy (non-hydrogen) atoms. The van der Waals surface area contributed by atoms with Crippen molar-refractivity contribution in [1.82, 2.24) is 4.98 Å². The lowest BCUT2D eigenvalue weighted by Crippen LogP contribution is -2.19. The van der Waals surface area contributed by atoms with Gasteiger partial charge in [-0.15, -0.1) is 13.2 Å². The van der Waals surface area contributed by atoms with E-state index in [9.17, 15) is 44.7 Å². The quantitative estimate of drug-likeness (QED) is 0.377. The fraction of sp³-hybridized carbons (Fsp3) is 0.136. The van der Waals surface area contributed by atoms with Gasteiger partial charge in [0, 0.05) is 11.9 Å². The van der Waals surface area contributed by atoms with Crippen LogP contribution in [0.5, 0.6) is 23.0 Å². The number of methoxy groups -OCH3 is 1. The molecule has 0 saturated carbocycles. The SMILES string of the molecule is [2H]C([2H])([2H])Oc1c(Oc2cc(C(F)(F)F)cc(F)c2C(=O)Nc2ccnc(C(N)=O)c2)ccc(OC(F)(F)F)c1F. The number of benzene rings is 2. The van der Waals surface area contributed by atoms with Gasteiger partial charge in [0.15, 0.2) is 11.5 Å². The summed E-state index contributed by atoms with van der Waals surface area (Å²) in [6.07, 6.45) is -9.69. The van der Waals surface area contributed by atoms with E-state index >= 15 is 0 Å². The lowest BCUT2D eigenvalue weighted by atomic mass is 10.1. The van der Waals surface area contributed by atoms with Crippen LogP contribution in [0.2, 0.25) is 0 Å². The maximum atomic E-state index is 14.9. The highest BCUT2D eigenvalue weighted by Gasteiger charge is 2.36. The number of aromatic nitrogens is 1. The Kier molecular flexibility index (Phi) is 6.49. The number of alkyl halides is 6. The van der Waals surface area contributed by atoms with Gasteiger partial charge in [0.25, 0.3) is 11.8 Å². The Balaban J connectivity index is 2.16. The summed E-state index contributed by atoms with van der Waals surface area (Å²) in [4.78, 5) is 27.8. The van der Waals surface area contributed by atoms with Gasteiger partial charge in [-0.1, -0.05) is 0 Å². The number of primary amides is 1. The first-order chi connectivity index (χ1) is 18.7. The molecule has 1 aromatic heterocycles. The largest absolute Gasteiger partial charge is 0.573 e. The Hall–Kier alpha value is -4.63. The zero-order chi connectivity index (χ0) is 30.9. The topological polar surface area (TPSA) is 113 Å². The number of hydrogen-bond donors (Lipinski definition) is 2. The summed E-state index contributed by atoms with van der Waals surface area (Å²) in [5.41, 5.74) is 1.49. The average molecular weight is 554 g/mol. The summed E-state index contributed by atoms with van der Waals surface area (Å²) in [6.45, 7) is 0. The minimum atomic E-state index is -5.46. The van der Waals surface area contributed by atoms with Crippen molar-refractivity contribution in [2.45, 2.75) is 12.5 Å². The standard InChI is InChI=1S/C22H13F8N3O5/c1-36-18-14(3-2-13(17(18)24)38-22(28,29)30)37-15-7-9(21(25,26)27)6-11(23)16(15)20(35)33-10-4-5-32-12(8-10)19(31)34/h2-8H,1H3,(H2,31,34)(H,32,33,35)/i1D3. The molecule has 2 aromatic carbocycles. The van der Waals surface area contributed by atoms with E-state index in [1.165, 1.54) is 0 Å². The number of nitrogens with zero attached hydrogens (tertiary/aromatic N) is 1. The number of amides is 2. The van der Waals surface area contributed by atoms with Gasteiger partial charge in [-0.05, 0) is 36.4 Å². The van der Waals surface area contributed by atoms with E-state index in [1.54, 1.807) is 0 Å². The Labute approximate surface area is 211 Å². The normalized spacial score (nSPS) is 13.1. The van der Waals surface area contributed by atoms with Crippen LogP contribution in [-0.4, -0.2) is 30.2 Å². The van der Waals surface area contributed by atoms with Crippen LogP contribution in [0.1, 0.15) is 30.5 Å². The molecule has 0 spiro atoms. The van der Waals surface area contributed by atoms with E-state index in [-0.39, 0.29) is 29.6 Å². The van der Waals surface area contributed by atoms with Crippen molar-refractivity contribution in [3.63, 3.8) is 0 Å². The molecule has 3 aromatic rings. The Bertz CT molecular complexity index is 1500. The lowest BCUT2D eigenvalue weighted by molar-refractivity contribution is -0.275. The molecular formula is C22H13F8N3O5. The van der Waals surface area contributed by atoms with Gasteiger partial charge in [0.1, 0.15) is 22.8 Å². The summed E-state index contributed by atoms with van der Waals surface area (Å²) in [5.74, 6) is -12.2. The number of halogens is 8. The maximum Gasteiger partial charge on any atom is 0.573 e. The van der Waals surface area contributed by atoms with Gasteiger partial charge < -0.3 is 25.3 Å². The van der Waals surface area contributed by atoms with Crippen molar-refractivity contribution in [1.29, 1.82) is 0 Å². The van der Waals surface area contributed by atoms with Crippen LogP contribution in [0.15, 0.2) is 42.6 Å². The first kappa shape index (κ1) is 23.7. The molecule has 0 aliphatic rings. The van der Waals surface area contributed by atoms with Gasteiger partial charge in [-0.3, -0.25) is 14.6 Å². The number of nitrogens with two attached hydrogens (primary N) is 1. The minimum Gasteiger partial charge on any atom is -0.490 e. The van der Waals surface area contributed by atoms with Crippen LogP contribution in [0, 0.1) is 11.6 Å². The van der Waals surface area contributed by atoms with E-state index < -0.39 is 77.2 Å². The van der Waals surface area contributed by atoms with Gasteiger partial charge in [0.2, 0.25) is 11.6 Å². The fourth-order valence-electron chi connectivity index (χ4n) is 2.90. The predicted molar refractivity (Wildman–Crippen MR) is 112 cm³/mol. The number of nitrogens with one attached hydrogen (secondary N) is 1. The molecule has 0 fully saturated rings. The molecular weight excluding hydrogens is 538 g/mol. The molecule has 0 atom stereocenters. The number of pyridine rings is 1. The van der Waals surface area contributed by atoms with E-state index in [2.05, 4.69) is 14.5 Å². The fourth-order valence-corrected chi connectivity index (χ4v) is 2.90. The van der Waals surface area contributed by atoms with Crippen molar-refractivity contribution < 1.29 is 63.0 Å². The third-order valence-electron chi connectivity index (χ3n) is 4.45. The minimum absolute atomic E-state index is 0.0799. The number of hydrogen-bond acceptors (Lipinski definition) is 6. The van der Waals surface area contributed by atoms with Crippen molar-refractivity contribution in [3.05, 3.63) is 71.1 Å². The molecule has 202 valence electrons. The predicted octanol–water partition coefficient (Wildman–Crippen LogP) is 5.43. The van der Waals surface area contributed by atoms with E-state index in [1.807, 2.05) is 5.32 Å². The molecule has 0 saturated heterocycles. The van der Waals surface area contributed by atoms with Crippen molar-refractivity contribution in [2.24, 2.45) is 5.73 Å². The Morgan fingerprint density at radius 2 is 1.68 bits per heavy atom. The van der Waals surface area contributed by atoms with Gasteiger partial charge in [-0.25, -0.2) is 4.39 Å². The van der Waals surface area contributed by atoms with Gasteiger partial charge in [-0.2, -0.15) is 17.6 Å². The lowest BCUT2D eigenvalue weighted by Gasteiger charge is -2.18. The molecule has 3 N–H and O–H groups in total. The van der Waals surface area contributed by atoms with Crippen LogP contribution in [0.4, 0.5) is 40.8 Å². The highest BCUT2D eigenvalue weighted by Crippen LogP contribution is 2.42. The zero-order valence-corrected chi connectivity index (χ0v) is 18.1.